The highest BCUT2D eigenvalue weighted by Gasteiger charge is 2.16. The van der Waals surface area contributed by atoms with E-state index in [0.717, 1.165) is 32.7 Å². The van der Waals surface area contributed by atoms with E-state index in [1.165, 1.54) is 11.8 Å². The molecular formula is C23H20BrN5OS. The van der Waals surface area contributed by atoms with Crippen molar-refractivity contribution in [2.45, 2.75) is 18.6 Å². The summed E-state index contributed by atoms with van der Waals surface area (Å²) in [4.78, 5) is 16.8. The quantitative estimate of drug-likeness (QED) is 0.358. The normalized spacial score (nSPS) is 10.8. The fourth-order valence-electron chi connectivity index (χ4n) is 3.10. The van der Waals surface area contributed by atoms with E-state index in [4.69, 9.17) is 0 Å². The predicted molar refractivity (Wildman–Crippen MR) is 127 cm³/mol. The first-order valence-electron chi connectivity index (χ1n) is 9.66. The maximum Gasteiger partial charge on any atom is 0.234 e. The molecule has 0 aliphatic carbocycles. The van der Waals surface area contributed by atoms with Crippen LogP contribution in [0, 0.1) is 6.92 Å². The van der Waals surface area contributed by atoms with E-state index >= 15 is 0 Å². The van der Waals surface area contributed by atoms with E-state index in [0.29, 0.717) is 11.7 Å². The minimum absolute atomic E-state index is 0.0902. The van der Waals surface area contributed by atoms with Gasteiger partial charge in [0.15, 0.2) is 11.0 Å². The molecule has 156 valence electrons. The molecule has 0 fully saturated rings. The first-order chi connectivity index (χ1) is 15.1. The van der Waals surface area contributed by atoms with Gasteiger partial charge in [0.1, 0.15) is 0 Å². The molecule has 2 aromatic carbocycles. The number of thioether (sulfide) groups is 1. The van der Waals surface area contributed by atoms with Crippen molar-refractivity contribution in [1.82, 2.24) is 19.7 Å². The van der Waals surface area contributed by atoms with Crippen molar-refractivity contribution in [2.24, 2.45) is 0 Å². The molecule has 0 spiro atoms. The summed E-state index contributed by atoms with van der Waals surface area (Å²) in [5.74, 6) is 0.867. The lowest BCUT2D eigenvalue weighted by molar-refractivity contribution is -0.113. The van der Waals surface area contributed by atoms with Crippen molar-refractivity contribution in [1.29, 1.82) is 0 Å². The van der Waals surface area contributed by atoms with E-state index < -0.39 is 0 Å². The van der Waals surface area contributed by atoms with Crippen molar-refractivity contribution in [3.8, 4) is 11.4 Å². The van der Waals surface area contributed by atoms with Gasteiger partial charge in [-0.2, -0.15) is 0 Å². The van der Waals surface area contributed by atoms with Crippen molar-refractivity contribution in [3.63, 3.8) is 0 Å². The van der Waals surface area contributed by atoms with Gasteiger partial charge in [-0.25, -0.2) is 0 Å². The minimum Gasteiger partial charge on any atom is -0.325 e. The SMILES string of the molecule is Cc1cc(Br)ccc1NC(=O)CSc1nnc(-c2cccnc2)n1Cc1ccccc1. The molecule has 2 heterocycles. The third-order valence-electron chi connectivity index (χ3n) is 4.61. The molecule has 8 heteroatoms. The monoisotopic (exact) mass is 493 g/mol. The van der Waals surface area contributed by atoms with Gasteiger partial charge in [-0.1, -0.05) is 58.0 Å². The molecule has 6 nitrogen and oxygen atoms in total. The molecule has 0 unspecified atom stereocenters. The lowest BCUT2D eigenvalue weighted by Crippen LogP contribution is -2.15. The summed E-state index contributed by atoms with van der Waals surface area (Å²) in [6.45, 7) is 2.57. The van der Waals surface area contributed by atoms with Crippen LogP contribution in [0.3, 0.4) is 0 Å². The zero-order valence-corrected chi connectivity index (χ0v) is 19.2. The molecule has 4 rings (SSSR count). The summed E-state index contributed by atoms with van der Waals surface area (Å²) in [5, 5.41) is 12.4. The first kappa shape index (κ1) is 21.3. The van der Waals surface area contributed by atoms with E-state index in [-0.39, 0.29) is 11.7 Å². The van der Waals surface area contributed by atoms with Crippen LogP contribution >= 0.6 is 27.7 Å². The van der Waals surface area contributed by atoms with E-state index in [9.17, 15) is 4.79 Å². The van der Waals surface area contributed by atoms with Gasteiger partial charge < -0.3 is 5.32 Å². The highest BCUT2D eigenvalue weighted by atomic mass is 79.9. The van der Waals surface area contributed by atoms with Crippen molar-refractivity contribution in [3.05, 3.63) is 88.7 Å². The molecule has 0 saturated carbocycles. The number of carbonyl (C=O) groups excluding carboxylic acids is 1. The summed E-state index contributed by atoms with van der Waals surface area (Å²) < 4.78 is 3.00. The Morgan fingerprint density at radius 1 is 1.10 bits per heavy atom. The zero-order chi connectivity index (χ0) is 21.6. The third kappa shape index (κ3) is 5.39. The highest BCUT2D eigenvalue weighted by molar-refractivity contribution is 9.10. The van der Waals surface area contributed by atoms with Crippen LogP contribution < -0.4 is 5.32 Å². The van der Waals surface area contributed by atoms with Crippen LogP contribution in [-0.4, -0.2) is 31.4 Å². The molecule has 0 aliphatic rings. The summed E-state index contributed by atoms with van der Waals surface area (Å²) >= 11 is 4.81. The Hall–Kier alpha value is -2.97. The molecule has 4 aromatic rings. The van der Waals surface area contributed by atoms with Gasteiger partial charge in [0.05, 0.1) is 12.3 Å². The maximum atomic E-state index is 12.6. The summed E-state index contributed by atoms with van der Waals surface area (Å²) in [7, 11) is 0. The molecule has 1 amide bonds. The van der Waals surface area contributed by atoms with Crippen molar-refractivity contribution < 1.29 is 4.79 Å². The summed E-state index contributed by atoms with van der Waals surface area (Å²) in [5.41, 5.74) is 3.81. The molecule has 0 atom stereocenters. The number of nitrogens with one attached hydrogen (secondary N) is 1. The lowest BCUT2D eigenvalue weighted by Gasteiger charge is -2.11. The van der Waals surface area contributed by atoms with E-state index in [1.54, 1.807) is 12.4 Å². The third-order valence-corrected chi connectivity index (χ3v) is 6.08. The van der Waals surface area contributed by atoms with Gasteiger partial charge >= 0.3 is 0 Å². The number of aromatic nitrogens is 4. The highest BCUT2D eigenvalue weighted by Crippen LogP contribution is 2.25. The first-order valence-corrected chi connectivity index (χ1v) is 11.4. The lowest BCUT2D eigenvalue weighted by atomic mass is 10.2. The Morgan fingerprint density at radius 2 is 1.94 bits per heavy atom. The molecule has 0 bridgehead atoms. The molecule has 0 aliphatic heterocycles. The van der Waals surface area contributed by atoms with E-state index in [1.807, 2.05) is 60.0 Å². The number of carbonyl (C=O) groups is 1. The van der Waals surface area contributed by atoms with Crippen LogP contribution in [0.15, 0.2) is 82.7 Å². The maximum absolute atomic E-state index is 12.6. The number of rotatable bonds is 7. The number of benzene rings is 2. The number of aryl methyl sites for hydroxylation is 1. The van der Waals surface area contributed by atoms with Crippen LogP contribution in [0.25, 0.3) is 11.4 Å². The number of nitrogens with zero attached hydrogens (tertiary/aromatic N) is 4. The minimum atomic E-state index is -0.0902. The van der Waals surface area contributed by atoms with Crippen LogP contribution in [-0.2, 0) is 11.3 Å². The Labute approximate surface area is 193 Å². The second-order valence-corrected chi connectivity index (χ2v) is 8.77. The zero-order valence-electron chi connectivity index (χ0n) is 16.8. The molecule has 0 saturated heterocycles. The number of pyridine rings is 1. The van der Waals surface area contributed by atoms with E-state index in [2.05, 4.69) is 48.6 Å². The summed E-state index contributed by atoms with van der Waals surface area (Å²) in [6, 6.07) is 19.7. The van der Waals surface area contributed by atoms with Gasteiger partial charge in [0, 0.05) is 28.1 Å². The smallest absolute Gasteiger partial charge is 0.234 e. The summed E-state index contributed by atoms with van der Waals surface area (Å²) in [6.07, 6.45) is 3.49. The number of halogens is 1. The molecule has 1 N–H and O–H groups in total. The Morgan fingerprint density at radius 3 is 2.68 bits per heavy atom. The molecule has 2 aromatic heterocycles. The van der Waals surface area contributed by atoms with Crippen molar-refractivity contribution in [2.75, 3.05) is 11.1 Å². The fraction of sp³-hybridized carbons (Fsp3) is 0.130. The average molecular weight is 494 g/mol. The van der Waals surface area contributed by atoms with Crippen LogP contribution in [0.4, 0.5) is 5.69 Å². The Kier molecular flexibility index (Phi) is 6.79. The van der Waals surface area contributed by atoms with Gasteiger partial charge in [0.25, 0.3) is 0 Å². The average Bonchev–Trinajstić information content (AvgIpc) is 3.18. The van der Waals surface area contributed by atoms with Gasteiger partial charge in [-0.05, 0) is 48.4 Å². The van der Waals surface area contributed by atoms with Gasteiger partial charge in [-0.15, -0.1) is 10.2 Å². The molecule has 31 heavy (non-hydrogen) atoms. The van der Waals surface area contributed by atoms with Crippen LogP contribution in [0.2, 0.25) is 0 Å². The van der Waals surface area contributed by atoms with Crippen LogP contribution in [0.5, 0.6) is 0 Å². The second kappa shape index (κ2) is 9.89. The van der Waals surface area contributed by atoms with Gasteiger partial charge in [-0.3, -0.25) is 14.3 Å². The molecular weight excluding hydrogens is 474 g/mol. The van der Waals surface area contributed by atoms with Crippen LogP contribution in [0.1, 0.15) is 11.1 Å². The number of hydrogen-bond donors (Lipinski definition) is 1. The second-order valence-electron chi connectivity index (χ2n) is 6.92. The standard InChI is InChI=1S/C23H20BrN5OS/c1-16-12-19(24)9-10-20(16)26-21(30)15-31-23-28-27-22(18-8-5-11-25-13-18)29(23)14-17-6-3-2-4-7-17/h2-13H,14-15H2,1H3,(H,26,30). The van der Waals surface area contributed by atoms with Crippen molar-refractivity contribution >= 4 is 39.3 Å². The number of amides is 1. The number of anilines is 1. The predicted octanol–water partition coefficient (Wildman–Crippen LogP) is 5.19. The molecule has 0 radical (unpaired) electrons. The fourth-order valence-corrected chi connectivity index (χ4v) is 4.31. The topological polar surface area (TPSA) is 72.7 Å². The Bertz CT molecular complexity index is 1180. The van der Waals surface area contributed by atoms with Gasteiger partial charge in [0.2, 0.25) is 5.91 Å². The Balaban J connectivity index is 1.53. The number of hydrogen-bond acceptors (Lipinski definition) is 5. The largest absolute Gasteiger partial charge is 0.325 e.